The van der Waals surface area contributed by atoms with E-state index in [9.17, 15) is 14.0 Å². The first-order valence-electron chi connectivity index (χ1n) is 10.9. The minimum absolute atomic E-state index is 0.0598. The fourth-order valence-corrected chi connectivity index (χ4v) is 4.37. The number of benzene rings is 1. The molecular weight excluding hydrogens is 423 g/mol. The zero-order chi connectivity index (χ0) is 23.7. The highest BCUT2D eigenvalue weighted by atomic mass is 19.1. The SMILES string of the molecule is CCC1=Cc2ncc(CN3CCN(c4ccc(C(N)=O)c(F)c4N)C[C@@H]3C)cc2NC1=C=O. The number of carbonyl (C=O) groups is 1. The monoisotopic (exact) mass is 450 g/mol. The number of fused-ring (bicyclic) bond motifs is 1. The normalized spacial score (nSPS) is 18.3. The zero-order valence-electron chi connectivity index (χ0n) is 18.7. The van der Waals surface area contributed by atoms with E-state index in [1.165, 1.54) is 6.07 Å². The number of aromatic nitrogens is 1. The second kappa shape index (κ2) is 9.05. The molecule has 0 saturated carbocycles. The van der Waals surface area contributed by atoms with E-state index in [1.54, 1.807) is 6.07 Å². The van der Waals surface area contributed by atoms with Gasteiger partial charge in [-0.1, -0.05) is 6.92 Å². The maximum Gasteiger partial charge on any atom is 0.251 e. The van der Waals surface area contributed by atoms with Crippen LogP contribution in [0.2, 0.25) is 0 Å². The molecule has 8 nitrogen and oxygen atoms in total. The first kappa shape index (κ1) is 22.5. The predicted molar refractivity (Wildman–Crippen MR) is 127 cm³/mol. The summed E-state index contributed by atoms with van der Waals surface area (Å²) < 4.78 is 14.5. The minimum Gasteiger partial charge on any atom is -0.395 e. The molecule has 1 atom stereocenters. The molecule has 172 valence electrons. The van der Waals surface area contributed by atoms with Crippen LogP contribution < -0.4 is 21.7 Å². The van der Waals surface area contributed by atoms with Crippen molar-refractivity contribution in [2.75, 3.05) is 35.6 Å². The van der Waals surface area contributed by atoms with Gasteiger partial charge in [0.15, 0.2) is 11.8 Å². The maximum absolute atomic E-state index is 14.5. The van der Waals surface area contributed by atoms with Crippen molar-refractivity contribution in [1.29, 1.82) is 0 Å². The number of rotatable bonds is 5. The van der Waals surface area contributed by atoms with Crippen LogP contribution in [0.3, 0.4) is 0 Å². The highest BCUT2D eigenvalue weighted by molar-refractivity contribution is 5.95. The molecule has 5 N–H and O–H groups in total. The van der Waals surface area contributed by atoms with Crippen molar-refractivity contribution < 1.29 is 14.0 Å². The Labute approximate surface area is 191 Å². The van der Waals surface area contributed by atoms with Gasteiger partial charge in [-0.25, -0.2) is 9.18 Å². The summed E-state index contributed by atoms with van der Waals surface area (Å²) >= 11 is 0. The molecule has 1 aromatic heterocycles. The standard InChI is InChI=1S/C24H27FN6O2/c1-3-16-9-18-19(29-20(16)13-32)8-15(10-28-18)12-30-6-7-31(11-14(30)2)21-5-4-17(24(27)33)22(25)23(21)26/h4-5,8-10,14,29H,3,6-7,11-12,26H2,1-2H3,(H2,27,33)/t14-/m0/s1. The van der Waals surface area contributed by atoms with E-state index in [0.29, 0.717) is 31.0 Å². The molecule has 0 unspecified atom stereocenters. The highest BCUT2D eigenvalue weighted by Gasteiger charge is 2.27. The van der Waals surface area contributed by atoms with Crippen LogP contribution in [0.1, 0.15) is 41.9 Å². The van der Waals surface area contributed by atoms with E-state index in [1.807, 2.05) is 36.1 Å². The van der Waals surface area contributed by atoms with Gasteiger partial charge in [0.05, 0.1) is 28.3 Å². The molecule has 0 bridgehead atoms. The van der Waals surface area contributed by atoms with Crippen molar-refractivity contribution in [2.24, 2.45) is 5.73 Å². The van der Waals surface area contributed by atoms with Crippen LogP contribution in [-0.4, -0.2) is 47.4 Å². The average molecular weight is 451 g/mol. The minimum atomic E-state index is -0.839. The Bertz CT molecular complexity index is 1190. The quantitative estimate of drug-likeness (QED) is 0.473. The van der Waals surface area contributed by atoms with E-state index in [2.05, 4.69) is 22.1 Å². The zero-order valence-corrected chi connectivity index (χ0v) is 18.7. The molecule has 1 amide bonds. The molecule has 3 heterocycles. The Morgan fingerprint density at radius 3 is 2.82 bits per heavy atom. The van der Waals surface area contributed by atoms with Gasteiger partial charge < -0.3 is 21.7 Å². The number of nitrogens with two attached hydrogens (primary N) is 2. The second-order valence-corrected chi connectivity index (χ2v) is 8.39. The number of nitrogen functional groups attached to an aromatic ring is 1. The van der Waals surface area contributed by atoms with Crippen LogP contribution in [0.15, 0.2) is 35.7 Å². The van der Waals surface area contributed by atoms with E-state index in [-0.39, 0.29) is 17.3 Å². The Morgan fingerprint density at radius 2 is 2.15 bits per heavy atom. The van der Waals surface area contributed by atoms with Gasteiger partial charge in [0.2, 0.25) is 0 Å². The molecule has 0 radical (unpaired) electrons. The summed E-state index contributed by atoms with van der Waals surface area (Å²) in [5.41, 5.74) is 15.5. The fraction of sp³-hybridized carbons (Fsp3) is 0.333. The molecule has 0 spiro atoms. The van der Waals surface area contributed by atoms with Gasteiger partial charge in [0.25, 0.3) is 5.91 Å². The van der Waals surface area contributed by atoms with Crippen molar-refractivity contribution in [3.05, 3.63) is 58.3 Å². The summed E-state index contributed by atoms with van der Waals surface area (Å²) in [7, 11) is 0. The number of anilines is 3. The predicted octanol–water partition coefficient (Wildman–Crippen LogP) is 2.55. The summed E-state index contributed by atoms with van der Waals surface area (Å²) in [6.45, 7) is 6.82. The molecule has 1 aromatic carbocycles. The third kappa shape index (κ3) is 4.33. The van der Waals surface area contributed by atoms with E-state index < -0.39 is 11.7 Å². The van der Waals surface area contributed by atoms with Gasteiger partial charge in [-0.15, -0.1) is 0 Å². The van der Waals surface area contributed by atoms with Crippen LogP contribution in [0.5, 0.6) is 0 Å². The Hall–Kier alpha value is -3.68. The molecule has 2 aromatic rings. The van der Waals surface area contributed by atoms with Gasteiger partial charge in [-0.05, 0) is 48.8 Å². The summed E-state index contributed by atoms with van der Waals surface area (Å²) in [6, 6.07) is 5.21. The highest BCUT2D eigenvalue weighted by Crippen LogP contribution is 2.31. The van der Waals surface area contributed by atoms with Crippen LogP contribution in [-0.2, 0) is 11.3 Å². The van der Waals surface area contributed by atoms with Gasteiger partial charge in [-0.3, -0.25) is 14.7 Å². The van der Waals surface area contributed by atoms with Crippen molar-refractivity contribution in [3.8, 4) is 0 Å². The molecule has 2 aliphatic rings. The van der Waals surface area contributed by atoms with Gasteiger partial charge in [0.1, 0.15) is 5.70 Å². The number of amides is 1. The maximum atomic E-state index is 14.5. The number of nitrogens with one attached hydrogen (secondary N) is 1. The molecule has 0 aliphatic carbocycles. The first-order chi connectivity index (χ1) is 15.8. The van der Waals surface area contributed by atoms with E-state index in [4.69, 9.17) is 11.5 Å². The van der Waals surface area contributed by atoms with Crippen LogP contribution in [0.25, 0.3) is 6.08 Å². The van der Waals surface area contributed by atoms with Crippen LogP contribution >= 0.6 is 0 Å². The van der Waals surface area contributed by atoms with Gasteiger partial charge in [0, 0.05) is 38.4 Å². The number of hydrogen-bond donors (Lipinski definition) is 3. The largest absolute Gasteiger partial charge is 0.395 e. The van der Waals surface area contributed by atoms with Gasteiger partial charge in [-0.2, -0.15) is 0 Å². The lowest BCUT2D eigenvalue weighted by Gasteiger charge is -2.41. The molecule has 33 heavy (non-hydrogen) atoms. The number of carbonyl (C=O) groups excluding carboxylic acids is 2. The number of hydrogen-bond acceptors (Lipinski definition) is 7. The molecule has 4 rings (SSSR count). The van der Waals surface area contributed by atoms with Crippen LogP contribution in [0, 0.1) is 5.82 Å². The lowest BCUT2D eigenvalue weighted by Crippen LogP contribution is -2.51. The summed E-state index contributed by atoms with van der Waals surface area (Å²) in [5, 5.41) is 3.14. The van der Waals surface area contributed by atoms with Crippen molar-refractivity contribution >= 4 is 35.0 Å². The third-order valence-electron chi connectivity index (χ3n) is 6.26. The number of piperazine rings is 1. The molecule has 1 fully saturated rings. The van der Waals surface area contributed by atoms with Gasteiger partial charge >= 0.3 is 0 Å². The Morgan fingerprint density at radius 1 is 1.36 bits per heavy atom. The molecule has 2 aliphatic heterocycles. The summed E-state index contributed by atoms with van der Waals surface area (Å²) in [4.78, 5) is 31.5. The smallest absolute Gasteiger partial charge is 0.251 e. The Balaban J connectivity index is 1.47. The number of pyridine rings is 1. The average Bonchev–Trinajstić information content (AvgIpc) is 2.80. The summed E-state index contributed by atoms with van der Waals surface area (Å²) in [5.74, 6) is 0.363. The van der Waals surface area contributed by atoms with Crippen molar-refractivity contribution in [3.63, 3.8) is 0 Å². The molecule has 9 heteroatoms. The number of nitrogens with zero attached hydrogens (tertiary/aromatic N) is 3. The topological polar surface area (TPSA) is 118 Å². The van der Waals surface area contributed by atoms with Crippen molar-refractivity contribution in [1.82, 2.24) is 9.88 Å². The number of allylic oxidation sites excluding steroid dienone is 1. The number of halogens is 1. The fourth-order valence-electron chi connectivity index (χ4n) is 4.37. The Kier molecular flexibility index (Phi) is 6.18. The molecular formula is C24H27FN6O2. The van der Waals surface area contributed by atoms with Crippen molar-refractivity contribution in [2.45, 2.75) is 32.9 Å². The third-order valence-corrected chi connectivity index (χ3v) is 6.26. The lowest BCUT2D eigenvalue weighted by atomic mass is 10.0. The second-order valence-electron chi connectivity index (χ2n) is 8.39. The summed E-state index contributed by atoms with van der Waals surface area (Å²) in [6.07, 6.45) is 4.50. The van der Waals surface area contributed by atoms with E-state index >= 15 is 0 Å². The lowest BCUT2D eigenvalue weighted by molar-refractivity contribution is 0.0996. The number of primary amides is 1. The molecule has 1 saturated heterocycles. The van der Waals surface area contributed by atoms with E-state index in [0.717, 1.165) is 35.5 Å². The van der Waals surface area contributed by atoms with Crippen LogP contribution in [0.4, 0.5) is 21.5 Å². The first-order valence-corrected chi connectivity index (χ1v) is 10.9.